The van der Waals surface area contributed by atoms with Crippen molar-refractivity contribution in [2.45, 2.75) is 32.6 Å². The first-order valence-corrected chi connectivity index (χ1v) is 5.90. The highest BCUT2D eigenvalue weighted by molar-refractivity contribution is 5.45. The van der Waals surface area contributed by atoms with E-state index in [1.54, 1.807) is 6.20 Å². The number of aromatic nitrogens is 1. The van der Waals surface area contributed by atoms with Crippen LogP contribution in [-0.2, 0) is 0 Å². The average Bonchev–Trinajstić information content (AvgIpc) is 3.04. The van der Waals surface area contributed by atoms with Crippen LogP contribution in [0, 0.1) is 23.7 Å². The van der Waals surface area contributed by atoms with Gasteiger partial charge >= 0.3 is 0 Å². The highest BCUT2D eigenvalue weighted by Gasteiger charge is 2.20. The normalized spacial score (nSPS) is 16.7. The summed E-state index contributed by atoms with van der Waals surface area (Å²) in [6.45, 7) is 4.36. The Morgan fingerprint density at radius 1 is 1.44 bits per heavy atom. The smallest absolute Gasteiger partial charge is 0.127 e. The fraction of sp³-hybridized carbons (Fsp3) is 0.500. The molecule has 0 unspecified atom stereocenters. The molecule has 0 amide bonds. The number of hydrogen-bond donors (Lipinski definition) is 1. The Hall–Kier alpha value is -1.49. The number of nitrogen functional groups attached to an aromatic ring is 1. The topological polar surface area (TPSA) is 38.9 Å². The fourth-order valence-electron chi connectivity index (χ4n) is 1.73. The molecule has 0 aromatic carbocycles. The van der Waals surface area contributed by atoms with Crippen LogP contribution in [0.1, 0.15) is 38.2 Å². The van der Waals surface area contributed by atoms with E-state index in [2.05, 4.69) is 30.7 Å². The molecule has 2 heteroatoms. The number of anilines is 1. The van der Waals surface area contributed by atoms with Crippen LogP contribution in [0.3, 0.4) is 0 Å². The van der Waals surface area contributed by atoms with Gasteiger partial charge in [-0.15, -0.1) is 0 Å². The van der Waals surface area contributed by atoms with Gasteiger partial charge in [-0.25, -0.2) is 4.98 Å². The van der Waals surface area contributed by atoms with Crippen molar-refractivity contribution in [1.82, 2.24) is 4.98 Å². The lowest BCUT2D eigenvalue weighted by Gasteiger charge is -2.16. The number of rotatable bonds is 2. The molecule has 16 heavy (non-hydrogen) atoms. The van der Waals surface area contributed by atoms with E-state index in [1.807, 2.05) is 12.1 Å². The summed E-state index contributed by atoms with van der Waals surface area (Å²) in [5.74, 6) is 8.64. The van der Waals surface area contributed by atoms with Gasteiger partial charge in [0.1, 0.15) is 5.82 Å². The Bertz CT molecular complexity index is 422. The maximum atomic E-state index is 5.90. The largest absolute Gasteiger partial charge is 0.383 e. The van der Waals surface area contributed by atoms with E-state index in [-0.39, 0.29) is 5.92 Å². The third-order valence-electron chi connectivity index (χ3n) is 2.89. The molecule has 84 valence electrons. The first kappa shape index (κ1) is 11.0. The Kier molecular flexibility index (Phi) is 3.14. The van der Waals surface area contributed by atoms with Gasteiger partial charge in [0.15, 0.2) is 0 Å². The molecule has 1 aliphatic rings. The molecule has 1 saturated carbocycles. The van der Waals surface area contributed by atoms with E-state index >= 15 is 0 Å². The predicted octanol–water partition coefficient (Wildman–Crippen LogP) is 2.82. The van der Waals surface area contributed by atoms with Crippen LogP contribution >= 0.6 is 0 Å². The fourth-order valence-corrected chi connectivity index (χ4v) is 1.73. The van der Waals surface area contributed by atoms with E-state index < -0.39 is 0 Å². The lowest BCUT2D eigenvalue weighted by Crippen LogP contribution is -2.08. The zero-order chi connectivity index (χ0) is 11.5. The first-order valence-electron chi connectivity index (χ1n) is 5.90. The van der Waals surface area contributed by atoms with Crippen LogP contribution in [0.2, 0.25) is 0 Å². The van der Waals surface area contributed by atoms with Crippen LogP contribution in [-0.4, -0.2) is 4.98 Å². The molecule has 2 rings (SSSR count). The molecule has 2 nitrogen and oxygen atoms in total. The molecule has 0 bridgehead atoms. The summed E-state index contributed by atoms with van der Waals surface area (Å²) < 4.78 is 0. The number of nitrogens with two attached hydrogens (primary N) is 1. The lowest BCUT2D eigenvalue weighted by molar-refractivity contribution is 0.591. The molecule has 1 fully saturated rings. The van der Waals surface area contributed by atoms with E-state index in [1.165, 1.54) is 12.8 Å². The molecule has 0 saturated heterocycles. The third-order valence-corrected chi connectivity index (χ3v) is 2.89. The summed E-state index contributed by atoms with van der Waals surface area (Å²) in [6, 6.07) is 3.97. The second-order valence-electron chi connectivity index (χ2n) is 4.76. The summed E-state index contributed by atoms with van der Waals surface area (Å²) in [5, 5.41) is 0. The van der Waals surface area contributed by atoms with Gasteiger partial charge in [-0.05, 0) is 24.8 Å². The number of hydrogen-bond acceptors (Lipinski definition) is 2. The minimum atomic E-state index is 0.217. The monoisotopic (exact) mass is 214 g/mol. The summed E-state index contributed by atoms with van der Waals surface area (Å²) in [5.41, 5.74) is 6.98. The van der Waals surface area contributed by atoms with Crippen molar-refractivity contribution in [1.29, 1.82) is 0 Å². The van der Waals surface area contributed by atoms with Crippen molar-refractivity contribution in [3.63, 3.8) is 0 Å². The molecule has 1 aromatic rings. The zero-order valence-corrected chi connectivity index (χ0v) is 9.90. The minimum Gasteiger partial charge on any atom is -0.383 e. The van der Waals surface area contributed by atoms with E-state index in [0.717, 1.165) is 5.56 Å². The zero-order valence-electron chi connectivity index (χ0n) is 9.90. The van der Waals surface area contributed by atoms with Gasteiger partial charge in [0.2, 0.25) is 0 Å². The molecule has 0 radical (unpaired) electrons. The second-order valence-corrected chi connectivity index (χ2v) is 4.76. The Morgan fingerprint density at radius 2 is 2.19 bits per heavy atom. The van der Waals surface area contributed by atoms with Gasteiger partial charge in [-0.1, -0.05) is 31.8 Å². The van der Waals surface area contributed by atoms with Crippen molar-refractivity contribution in [3.05, 3.63) is 23.9 Å². The average molecular weight is 214 g/mol. The van der Waals surface area contributed by atoms with Gasteiger partial charge in [-0.2, -0.15) is 0 Å². The molecular formula is C14H18N2. The summed E-state index contributed by atoms with van der Waals surface area (Å²) >= 11 is 0. The van der Waals surface area contributed by atoms with Crippen molar-refractivity contribution >= 4 is 5.82 Å². The molecule has 1 heterocycles. The minimum absolute atomic E-state index is 0.217. The molecule has 0 spiro atoms. The van der Waals surface area contributed by atoms with Crippen LogP contribution in [0.5, 0.6) is 0 Å². The molecule has 0 aliphatic heterocycles. The van der Waals surface area contributed by atoms with Gasteiger partial charge in [-0.3, -0.25) is 0 Å². The lowest BCUT2D eigenvalue weighted by atomic mass is 9.89. The number of pyridine rings is 1. The predicted molar refractivity (Wildman–Crippen MR) is 66.7 cm³/mol. The van der Waals surface area contributed by atoms with Crippen LogP contribution in [0.25, 0.3) is 0 Å². The molecule has 1 aromatic heterocycles. The molecular weight excluding hydrogens is 196 g/mol. The standard InChI is InChI=1S/C14H18N2/c1-10(2)12(8-7-11-5-6-11)13-4-3-9-16-14(13)15/h3-4,9-12H,5-6H2,1-2H3,(H2,15,16)/t12-/m0/s1. The second kappa shape index (κ2) is 4.57. The first-order chi connectivity index (χ1) is 7.68. The highest BCUT2D eigenvalue weighted by atomic mass is 14.8. The molecule has 1 atom stereocenters. The van der Waals surface area contributed by atoms with Gasteiger partial charge < -0.3 is 5.73 Å². The van der Waals surface area contributed by atoms with Crippen molar-refractivity contribution in [2.75, 3.05) is 5.73 Å². The van der Waals surface area contributed by atoms with E-state index in [4.69, 9.17) is 5.73 Å². The SMILES string of the molecule is CC(C)[C@H](C#CC1CC1)c1cccnc1N. The summed E-state index contributed by atoms with van der Waals surface area (Å²) in [6.07, 6.45) is 4.26. The van der Waals surface area contributed by atoms with Gasteiger partial charge in [0, 0.05) is 17.7 Å². The Morgan fingerprint density at radius 3 is 2.75 bits per heavy atom. The van der Waals surface area contributed by atoms with Gasteiger partial charge in [0.25, 0.3) is 0 Å². The molecule has 1 aliphatic carbocycles. The number of nitrogens with zero attached hydrogens (tertiary/aromatic N) is 1. The summed E-state index contributed by atoms with van der Waals surface area (Å²) in [7, 11) is 0. The van der Waals surface area contributed by atoms with Crippen molar-refractivity contribution in [2.24, 2.45) is 11.8 Å². The van der Waals surface area contributed by atoms with Crippen LogP contribution in [0.4, 0.5) is 5.82 Å². The van der Waals surface area contributed by atoms with Crippen LogP contribution < -0.4 is 5.73 Å². The maximum Gasteiger partial charge on any atom is 0.127 e. The Labute approximate surface area is 97.3 Å². The molecule has 2 N–H and O–H groups in total. The van der Waals surface area contributed by atoms with Crippen LogP contribution in [0.15, 0.2) is 18.3 Å². The van der Waals surface area contributed by atoms with Crippen molar-refractivity contribution < 1.29 is 0 Å². The van der Waals surface area contributed by atoms with E-state index in [0.29, 0.717) is 17.7 Å². The third kappa shape index (κ3) is 2.55. The quantitative estimate of drug-likeness (QED) is 0.769. The highest BCUT2D eigenvalue weighted by Crippen LogP contribution is 2.30. The maximum absolute atomic E-state index is 5.90. The van der Waals surface area contributed by atoms with E-state index in [9.17, 15) is 0 Å². The summed E-state index contributed by atoms with van der Waals surface area (Å²) in [4.78, 5) is 4.14. The van der Waals surface area contributed by atoms with Crippen molar-refractivity contribution in [3.8, 4) is 11.8 Å². The Balaban J connectivity index is 2.26. The van der Waals surface area contributed by atoms with Gasteiger partial charge in [0.05, 0.1) is 5.92 Å².